The van der Waals surface area contributed by atoms with E-state index in [1.54, 1.807) is 12.1 Å². The zero-order valence-corrected chi connectivity index (χ0v) is 12.9. The molecule has 0 saturated heterocycles. The second-order valence-corrected chi connectivity index (χ2v) is 7.15. The summed E-state index contributed by atoms with van der Waals surface area (Å²) in [5.74, 6) is 0.735. The first-order chi connectivity index (χ1) is 9.63. The zero-order valence-electron chi connectivity index (χ0n) is 12.1. The highest BCUT2D eigenvalue weighted by atomic mass is 32.2. The molecule has 1 saturated carbocycles. The minimum atomic E-state index is -3.39. The van der Waals surface area contributed by atoms with E-state index in [2.05, 4.69) is 17.0 Å². The van der Waals surface area contributed by atoms with Gasteiger partial charge in [0.15, 0.2) is 0 Å². The number of benzene rings is 1. The second-order valence-electron chi connectivity index (χ2n) is 5.41. The molecule has 112 valence electrons. The van der Waals surface area contributed by atoms with Crippen LogP contribution >= 0.6 is 0 Å². The first-order valence-electron chi connectivity index (χ1n) is 7.41. The third-order valence-corrected chi connectivity index (χ3v) is 5.11. The Bertz CT molecular complexity index is 524. The molecule has 0 amide bonds. The molecule has 0 spiro atoms. The predicted octanol–water partition coefficient (Wildman–Crippen LogP) is 2.26. The van der Waals surface area contributed by atoms with Crippen LogP contribution in [-0.4, -0.2) is 21.5 Å². The number of rotatable bonds is 9. The Labute approximate surface area is 122 Å². The number of hydrogen-bond acceptors (Lipinski definition) is 3. The van der Waals surface area contributed by atoms with Crippen molar-refractivity contribution in [3.8, 4) is 0 Å². The van der Waals surface area contributed by atoms with Crippen LogP contribution in [0, 0.1) is 5.92 Å². The summed E-state index contributed by atoms with van der Waals surface area (Å²) in [6.45, 7) is 4.12. The van der Waals surface area contributed by atoms with Gasteiger partial charge in [0.25, 0.3) is 0 Å². The molecule has 0 unspecified atom stereocenters. The molecule has 20 heavy (non-hydrogen) atoms. The molecule has 1 aliphatic carbocycles. The maximum Gasteiger partial charge on any atom is 0.240 e. The van der Waals surface area contributed by atoms with Gasteiger partial charge in [-0.15, -0.1) is 0 Å². The van der Waals surface area contributed by atoms with E-state index < -0.39 is 10.0 Å². The molecule has 0 bridgehead atoms. The topological polar surface area (TPSA) is 58.2 Å². The summed E-state index contributed by atoms with van der Waals surface area (Å²) in [7, 11) is -3.39. The van der Waals surface area contributed by atoms with Gasteiger partial charge in [-0.2, -0.15) is 0 Å². The summed E-state index contributed by atoms with van der Waals surface area (Å²) in [6.07, 6.45) is 4.49. The van der Waals surface area contributed by atoms with E-state index in [9.17, 15) is 8.42 Å². The monoisotopic (exact) mass is 296 g/mol. The molecule has 1 aromatic carbocycles. The van der Waals surface area contributed by atoms with Crippen molar-refractivity contribution in [1.82, 2.24) is 10.0 Å². The maximum atomic E-state index is 12.3. The third-order valence-electron chi connectivity index (χ3n) is 3.55. The van der Waals surface area contributed by atoms with E-state index in [0.717, 1.165) is 30.9 Å². The molecule has 0 aromatic heterocycles. The smallest absolute Gasteiger partial charge is 0.240 e. The molecule has 2 N–H and O–H groups in total. The molecule has 4 nitrogen and oxygen atoms in total. The van der Waals surface area contributed by atoms with Crippen LogP contribution in [0.4, 0.5) is 0 Å². The van der Waals surface area contributed by atoms with Crippen molar-refractivity contribution >= 4 is 10.0 Å². The Hall–Kier alpha value is -0.910. The molecule has 1 aliphatic rings. The van der Waals surface area contributed by atoms with Gasteiger partial charge in [0.2, 0.25) is 10.0 Å². The van der Waals surface area contributed by atoms with Crippen molar-refractivity contribution in [3.05, 3.63) is 29.8 Å². The average Bonchev–Trinajstić information content (AvgIpc) is 3.23. The van der Waals surface area contributed by atoms with E-state index in [4.69, 9.17) is 0 Å². The fraction of sp³-hybridized carbons (Fsp3) is 0.600. The summed E-state index contributed by atoms with van der Waals surface area (Å²) in [4.78, 5) is 0.402. The number of hydrogen-bond donors (Lipinski definition) is 2. The van der Waals surface area contributed by atoms with E-state index in [-0.39, 0.29) is 0 Å². The number of sulfonamides is 1. The van der Waals surface area contributed by atoms with Crippen molar-refractivity contribution < 1.29 is 8.42 Å². The Morgan fingerprint density at radius 3 is 2.65 bits per heavy atom. The molecule has 0 aliphatic heterocycles. The second kappa shape index (κ2) is 7.20. The first kappa shape index (κ1) is 15.5. The van der Waals surface area contributed by atoms with Crippen LogP contribution in [0.15, 0.2) is 29.2 Å². The van der Waals surface area contributed by atoms with Gasteiger partial charge in [0, 0.05) is 13.1 Å². The van der Waals surface area contributed by atoms with Gasteiger partial charge >= 0.3 is 0 Å². The van der Waals surface area contributed by atoms with Crippen LogP contribution in [-0.2, 0) is 16.6 Å². The van der Waals surface area contributed by atoms with Crippen LogP contribution in [0.3, 0.4) is 0 Å². The zero-order chi connectivity index (χ0) is 14.4. The Kier molecular flexibility index (Phi) is 5.57. The van der Waals surface area contributed by atoms with Crippen molar-refractivity contribution in [2.45, 2.75) is 44.0 Å². The summed E-state index contributed by atoms with van der Waals surface area (Å²) in [5.41, 5.74) is 0.833. The lowest BCUT2D eigenvalue weighted by Crippen LogP contribution is -2.27. The van der Waals surface area contributed by atoms with Gasteiger partial charge in [-0.05, 0) is 36.9 Å². The van der Waals surface area contributed by atoms with Crippen molar-refractivity contribution in [3.63, 3.8) is 0 Å². The van der Waals surface area contributed by atoms with Crippen LogP contribution in [0.2, 0.25) is 0 Å². The van der Waals surface area contributed by atoms with Gasteiger partial charge in [-0.25, -0.2) is 13.1 Å². The maximum absolute atomic E-state index is 12.3. The molecular formula is C15H24N2O2S. The first-order valence-corrected chi connectivity index (χ1v) is 8.90. The van der Waals surface area contributed by atoms with E-state index >= 15 is 0 Å². The largest absolute Gasteiger partial charge is 0.313 e. The molecule has 5 heteroatoms. The van der Waals surface area contributed by atoms with Gasteiger partial charge in [0.1, 0.15) is 0 Å². The molecule has 0 radical (unpaired) electrons. The molecular weight excluding hydrogens is 272 g/mol. The fourth-order valence-corrected chi connectivity index (χ4v) is 3.48. The molecule has 0 heterocycles. The van der Waals surface area contributed by atoms with E-state index in [0.29, 0.717) is 18.0 Å². The highest BCUT2D eigenvalue weighted by Crippen LogP contribution is 2.31. The minimum absolute atomic E-state index is 0.402. The highest BCUT2D eigenvalue weighted by Gasteiger charge is 2.22. The fourth-order valence-electron chi connectivity index (χ4n) is 2.19. The van der Waals surface area contributed by atoms with E-state index in [1.807, 2.05) is 12.1 Å². The third kappa shape index (κ3) is 4.58. The normalized spacial score (nSPS) is 15.4. The molecule has 1 fully saturated rings. The van der Waals surface area contributed by atoms with Crippen LogP contribution in [0.5, 0.6) is 0 Å². The quantitative estimate of drug-likeness (QED) is 0.687. The van der Waals surface area contributed by atoms with E-state index in [1.165, 1.54) is 12.8 Å². The summed E-state index contributed by atoms with van der Waals surface area (Å²) < 4.78 is 27.4. The number of nitrogens with one attached hydrogen (secondary N) is 2. The summed E-state index contributed by atoms with van der Waals surface area (Å²) >= 11 is 0. The predicted molar refractivity (Wildman–Crippen MR) is 81.0 cm³/mol. The van der Waals surface area contributed by atoms with Crippen LogP contribution in [0.25, 0.3) is 0 Å². The Morgan fingerprint density at radius 1 is 1.20 bits per heavy atom. The van der Waals surface area contributed by atoms with Gasteiger partial charge < -0.3 is 5.32 Å². The lowest BCUT2D eigenvalue weighted by Gasteiger charge is -2.12. The lowest BCUT2D eigenvalue weighted by molar-refractivity contribution is 0.572. The van der Waals surface area contributed by atoms with Gasteiger partial charge in [-0.1, -0.05) is 38.0 Å². The van der Waals surface area contributed by atoms with Crippen molar-refractivity contribution in [1.29, 1.82) is 0 Å². The Morgan fingerprint density at radius 2 is 1.95 bits per heavy atom. The van der Waals surface area contributed by atoms with Gasteiger partial charge in [-0.3, -0.25) is 0 Å². The van der Waals surface area contributed by atoms with Crippen LogP contribution in [0.1, 0.15) is 38.2 Å². The summed E-state index contributed by atoms with van der Waals surface area (Å²) in [5, 5.41) is 3.26. The van der Waals surface area contributed by atoms with Crippen molar-refractivity contribution in [2.24, 2.45) is 5.92 Å². The van der Waals surface area contributed by atoms with Crippen LogP contribution < -0.4 is 10.0 Å². The average molecular weight is 296 g/mol. The molecule has 1 aromatic rings. The standard InChI is InChI=1S/C15H24N2O2S/c1-2-10-16-12-14-5-3-4-6-15(14)20(18,19)17-11-9-13-7-8-13/h3-6,13,16-17H,2,7-12H2,1H3. The van der Waals surface area contributed by atoms with Crippen molar-refractivity contribution in [2.75, 3.05) is 13.1 Å². The minimum Gasteiger partial charge on any atom is -0.313 e. The SMILES string of the molecule is CCCNCc1ccccc1S(=O)(=O)NCCC1CC1. The molecule has 2 rings (SSSR count). The molecule has 0 atom stereocenters. The van der Waals surface area contributed by atoms with Gasteiger partial charge in [0.05, 0.1) is 4.90 Å². The summed E-state index contributed by atoms with van der Waals surface area (Å²) in [6, 6.07) is 7.21. The lowest BCUT2D eigenvalue weighted by atomic mass is 10.2. The highest BCUT2D eigenvalue weighted by molar-refractivity contribution is 7.89. The Balaban J connectivity index is 2.00.